The minimum absolute atomic E-state index is 0.137. The maximum atomic E-state index is 10.5. The van der Waals surface area contributed by atoms with E-state index in [4.69, 9.17) is 10.8 Å². The highest BCUT2D eigenvalue weighted by Crippen LogP contribution is 2.14. The van der Waals surface area contributed by atoms with Gasteiger partial charge < -0.3 is 20.5 Å². The Labute approximate surface area is 89.4 Å². The average Bonchev–Trinajstić information content (AvgIpc) is 2.63. The third kappa shape index (κ3) is 1.65. The van der Waals surface area contributed by atoms with Gasteiger partial charge in [0.1, 0.15) is 11.8 Å². The molecular weight excluding hydrogens is 214 g/mol. The summed E-state index contributed by atoms with van der Waals surface area (Å²) in [6.07, 6.45) is 1.11. The Hall–Kier alpha value is -2.22. The highest BCUT2D eigenvalue weighted by atomic mass is 16.4. The molecule has 2 aromatic rings. The Kier molecular flexibility index (Phi) is 2.41. The van der Waals surface area contributed by atoms with Crippen LogP contribution in [0.2, 0.25) is 0 Å². The number of fused-ring (bicyclic) bond motifs is 1. The van der Waals surface area contributed by atoms with Crippen molar-refractivity contribution >= 4 is 23.0 Å². The molecule has 16 heavy (non-hydrogen) atoms. The number of hydrogen-bond acceptors (Lipinski definition) is 6. The summed E-state index contributed by atoms with van der Waals surface area (Å²) in [7, 11) is 0. The molecule has 0 saturated carbocycles. The van der Waals surface area contributed by atoms with Crippen molar-refractivity contribution in [2.45, 2.75) is 12.6 Å². The minimum atomic E-state index is -1.51. The van der Waals surface area contributed by atoms with Gasteiger partial charge in [-0.05, 0) is 0 Å². The van der Waals surface area contributed by atoms with Crippen LogP contribution in [-0.4, -0.2) is 41.8 Å². The molecular formula is C8H9N5O3. The van der Waals surface area contributed by atoms with Crippen molar-refractivity contribution in [2.75, 3.05) is 5.73 Å². The van der Waals surface area contributed by atoms with Crippen LogP contribution in [0.25, 0.3) is 11.2 Å². The molecule has 1 atom stereocenters. The fraction of sp³-hybridized carbons (Fsp3) is 0.250. The van der Waals surface area contributed by atoms with Crippen molar-refractivity contribution < 1.29 is 15.0 Å². The molecule has 0 unspecified atom stereocenters. The number of carboxylic acid groups (broad SMARTS) is 1. The lowest BCUT2D eigenvalue weighted by atomic mass is 10.3. The summed E-state index contributed by atoms with van der Waals surface area (Å²) < 4.78 is 1.41. The van der Waals surface area contributed by atoms with Gasteiger partial charge in [-0.25, -0.2) is 19.7 Å². The van der Waals surface area contributed by atoms with Crippen molar-refractivity contribution in [3.05, 3.63) is 12.7 Å². The number of aliphatic hydroxyl groups is 1. The maximum absolute atomic E-state index is 10.5. The molecule has 8 heteroatoms. The molecule has 0 aliphatic rings. The number of aliphatic hydroxyl groups excluding tert-OH is 1. The zero-order chi connectivity index (χ0) is 11.7. The second-order valence-corrected chi connectivity index (χ2v) is 3.18. The van der Waals surface area contributed by atoms with E-state index in [1.165, 1.54) is 17.2 Å². The first-order valence-corrected chi connectivity index (χ1v) is 4.41. The molecule has 0 fully saturated rings. The van der Waals surface area contributed by atoms with Gasteiger partial charge in [0.05, 0.1) is 12.9 Å². The molecule has 0 bridgehead atoms. The number of nitrogens with two attached hydrogens (primary N) is 1. The highest BCUT2D eigenvalue weighted by Gasteiger charge is 2.16. The Balaban J connectivity index is 2.39. The molecule has 0 spiro atoms. The van der Waals surface area contributed by atoms with Crippen molar-refractivity contribution in [2.24, 2.45) is 0 Å². The van der Waals surface area contributed by atoms with Gasteiger partial charge in [0.25, 0.3) is 0 Å². The monoisotopic (exact) mass is 223 g/mol. The number of hydrogen-bond donors (Lipinski definition) is 3. The van der Waals surface area contributed by atoms with Crippen LogP contribution in [0.3, 0.4) is 0 Å². The van der Waals surface area contributed by atoms with E-state index in [0.717, 1.165) is 0 Å². The van der Waals surface area contributed by atoms with Crippen molar-refractivity contribution in [1.82, 2.24) is 19.5 Å². The number of carbonyl (C=O) groups is 1. The van der Waals surface area contributed by atoms with Crippen LogP contribution in [0, 0.1) is 0 Å². The Bertz CT molecular complexity index is 537. The second-order valence-electron chi connectivity index (χ2n) is 3.18. The number of nitrogen functional groups attached to an aromatic ring is 1. The summed E-state index contributed by atoms with van der Waals surface area (Å²) in [5, 5.41) is 17.8. The smallest absolute Gasteiger partial charge is 0.334 e. The summed E-state index contributed by atoms with van der Waals surface area (Å²) in [6, 6.07) is 0. The van der Waals surface area contributed by atoms with E-state index < -0.39 is 12.1 Å². The molecule has 0 radical (unpaired) electrons. The molecule has 2 rings (SSSR count). The molecule has 0 aromatic carbocycles. The fourth-order valence-electron chi connectivity index (χ4n) is 1.30. The molecule has 84 valence electrons. The van der Waals surface area contributed by atoms with Crippen LogP contribution >= 0.6 is 0 Å². The number of nitrogens with zero attached hydrogens (tertiary/aromatic N) is 4. The molecule has 2 aromatic heterocycles. The number of imidazole rings is 1. The lowest BCUT2D eigenvalue weighted by Crippen LogP contribution is -2.25. The number of carboxylic acids is 1. The summed E-state index contributed by atoms with van der Waals surface area (Å²) >= 11 is 0. The van der Waals surface area contributed by atoms with Gasteiger partial charge in [0.2, 0.25) is 0 Å². The van der Waals surface area contributed by atoms with Crippen LogP contribution in [0.1, 0.15) is 0 Å². The minimum Gasteiger partial charge on any atom is -0.479 e. The van der Waals surface area contributed by atoms with Gasteiger partial charge >= 0.3 is 5.97 Å². The second kappa shape index (κ2) is 3.74. The van der Waals surface area contributed by atoms with Crippen LogP contribution in [0.4, 0.5) is 5.82 Å². The predicted molar refractivity (Wildman–Crippen MR) is 53.4 cm³/mol. The summed E-state index contributed by atoms with van der Waals surface area (Å²) in [5.74, 6) is -1.09. The molecule has 8 nitrogen and oxygen atoms in total. The molecule has 2 heterocycles. The maximum Gasteiger partial charge on any atom is 0.334 e. The summed E-state index contributed by atoms with van der Waals surface area (Å²) in [4.78, 5) is 22.1. The Morgan fingerprint density at radius 2 is 2.25 bits per heavy atom. The zero-order valence-corrected chi connectivity index (χ0v) is 8.11. The molecule has 4 N–H and O–H groups in total. The molecule has 0 aliphatic carbocycles. The largest absolute Gasteiger partial charge is 0.479 e. The van der Waals surface area contributed by atoms with E-state index in [2.05, 4.69) is 15.0 Å². The van der Waals surface area contributed by atoms with Gasteiger partial charge in [-0.15, -0.1) is 0 Å². The van der Waals surface area contributed by atoms with Gasteiger partial charge in [-0.2, -0.15) is 0 Å². The van der Waals surface area contributed by atoms with Crippen molar-refractivity contribution in [3.63, 3.8) is 0 Å². The van der Waals surface area contributed by atoms with E-state index in [1.807, 2.05) is 0 Å². The normalized spacial score (nSPS) is 12.8. The fourth-order valence-corrected chi connectivity index (χ4v) is 1.30. The van der Waals surface area contributed by atoms with E-state index in [0.29, 0.717) is 11.2 Å². The van der Waals surface area contributed by atoms with E-state index in [9.17, 15) is 9.90 Å². The lowest BCUT2D eigenvalue weighted by molar-refractivity contribution is -0.147. The molecule has 0 aliphatic heterocycles. The van der Waals surface area contributed by atoms with E-state index in [1.54, 1.807) is 0 Å². The first-order valence-electron chi connectivity index (χ1n) is 4.41. The van der Waals surface area contributed by atoms with Crippen LogP contribution in [0.5, 0.6) is 0 Å². The first kappa shape index (κ1) is 10.3. The van der Waals surface area contributed by atoms with E-state index >= 15 is 0 Å². The highest BCUT2D eigenvalue weighted by molar-refractivity contribution is 5.81. The van der Waals surface area contributed by atoms with Crippen LogP contribution in [0.15, 0.2) is 12.7 Å². The van der Waals surface area contributed by atoms with E-state index in [-0.39, 0.29) is 12.4 Å². The standard InChI is InChI=1S/C8H9N5O3/c9-6-5-7(11-2-10-6)13(3-12-5)1-4(14)8(15)16/h2-4,14H,1H2,(H,15,16)(H2,9,10,11)/t4-/m1/s1. The Morgan fingerprint density at radius 1 is 1.50 bits per heavy atom. The topological polar surface area (TPSA) is 127 Å². The quantitative estimate of drug-likeness (QED) is 0.599. The summed E-state index contributed by atoms with van der Waals surface area (Å²) in [5.41, 5.74) is 6.34. The lowest BCUT2D eigenvalue weighted by Gasteiger charge is -2.06. The number of rotatable bonds is 3. The number of aromatic nitrogens is 4. The van der Waals surface area contributed by atoms with Gasteiger partial charge in [-0.1, -0.05) is 0 Å². The molecule has 0 amide bonds. The average molecular weight is 223 g/mol. The third-order valence-electron chi connectivity index (χ3n) is 2.08. The third-order valence-corrected chi connectivity index (χ3v) is 2.08. The SMILES string of the molecule is Nc1ncnc2c1ncn2C[C@@H](O)C(=O)O. The number of aliphatic carboxylic acids is 1. The Morgan fingerprint density at radius 3 is 2.94 bits per heavy atom. The summed E-state index contributed by atoms with van der Waals surface area (Å²) in [6.45, 7) is -0.137. The first-order chi connectivity index (χ1) is 7.59. The predicted octanol–water partition coefficient (Wildman–Crippen LogP) is -1.15. The van der Waals surface area contributed by atoms with Crippen molar-refractivity contribution in [1.29, 1.82) is 0 Å². The van der Waals surface area contributed by atoms with Crippen LogP contribution in [-0.2, 0) is 11.3 Å². The van der Waals surface area contributed by atoms with Crippen LogP contribution < -0.4 is 5.73 Å². The van der Waals surface area contributed by atoms with Crippen molar-refractivity contribution in [3.8, 4) is 0 Å². The van der Waals surface area contributed by atoms with Gasteiger partial charge in [-0.3, -0.25) is 0 Å². The molecule has 0 saturated heterocycles. The van der Waals surface area contributed by atoms with Gasteiger partial charge in [0.15, 0.2) is 17.6 Å². The number of anilines is 1. The zero-order valence-electron chi connectivity index (χ0n) is 8.11. The van der Waals surface area contributed by atoms with Gasteiger partial charge in [0, 0.05) is 0 Å².